The van der Waals surface area contributed by atoms with Crippen molar-refractivity contribution in [2.45, 2.75) is 71.2 Å². The van der Waals surface area contributed by atoms with E-state index in [1.165, 1.54) is 7.05 Å². The van der Waals surface area contributed by atoms with Crippen molar-refractivity contribution < 1.29 is 33.4 Å². The zero-order valence-electron chi connectivity index (χ0n) is 17.6. The van der Waals surface area contributed by atoms with Crippen molar-refractivity contribution in [3.63, 3.8) is 0 Å². The molecule has 1 saturated heterocycles. The minimum Gasteiger partial charge on any atom is -0.444 e. The number of likely N-dealkylation sites (N-methyl/N-ethyl adjacent to an activating group) is 1. The Bertz CT molecular complexity index is 614. The predicted octanol–water partition coefficient (Wildman–Crippen LogP) is 1.53. The van der Waals surface area contributed by atoms with Crippen LogP contribution in [0.25, 0.3) is 0 Å². The maximum atomic E-state index is 12.5. The SMILES string of the molecule is CN(CC(=O)OC(=O)[C@]1(NC(=O)OC(C)(C)C)CCCN1)C(=O)OC(C)(C)C. The predicted molar refractivity (Wildman–Crippen MR) is 99.3 cm³/mol. The Morgan fingerprint density at radius 1 is 1.04 bits per heavy atom. The highest BCUT2D eigenvalue weighted by molar-refractivity contribution is 5.94. The number of carbonyl (C=O) groups is 4. The summed E-state index contributed by atoms with van der Waals surface area (Å²) < 4.78 is 15.2. The summed E-state index contributed by atoms with van der Waals surface area (Å²) in [7, 11) is 1.35. The number of nitrogens with zero attached hydrogens (tertiary/aromatic N) is 1. The fraction of sp³-hybridized carbons (Fsp3) is 0.778. The van der Waals surface area contributed by atoms with E-state index in [0.29, 0.717) is 13.0 Å². The van der Waals surface area contributed by atoms with Gasteiger partial charge in [0.05, 0.1) is 0 Å². The minimum atomic E-state index is -1.55. The normalized spacial score (nSPS) is 19.5. The van der Waals surface area contributed by atoms with Crippen molar-refractivity contribution in [1.82, 2.24) is 15.5 Å². The molecule has 0 unspecified atom stereocenters. The first-order valence-electron chi connectivity index (χ1n) is 9.09. The molecule has 28 heavy (non-hydrogen) atoms. The lowest BCUT2D eigenvalue weighted by molar-refractivity contribution is -0.165. The fourth-order valence-corrected chi connectivity index (χ4v) is 2.37. The fourth-order valence-electron chi connectivity index (χ4n) is 2.37. The van der Waals surface area contributed by atoms with E-state index in [1.807, 2.05) is 0 Å². The van der Waals surface area contributed by atoms with Crippen LogP contribution in [-0.4, -0.2) is 66.0 Å². The first kappa shape index (κ1) is 23.7. The maximum Gasteiger partial charge on any atom is 0.410 e. The molecule has 1 atom stereocenters. The number of nitrogens with one attached hydrogen (secondary N) is 2. The Hall–Kier alpha value is -2.36. The van der Waals surface area contributed by atoms with Crippen molar-refractivity contribution in [1.29, 1.82) is 0 Å². The van der Waals surface area contributed by atoms with Crippen LogP contribution in [0.3, 0.4) is 0 Å². The third-order valence-corrected chi connectivity index (χ3v) is 3.50. The van der Waals surface area contributed by atoms with Crippen molar-refractivity contribution in [3.8, 4) is 0 Å². The van der Waals surface area contributed by atoms with Crippen LogP contribution < -0.4 is 10.6 Å². The van der Waals surface area contributed by atoms with Crippen LogP contribution in [0.5, 0.6) is 0 Å². The number of ether oxygens (including phenoxy) is 3. The van der Waals surface area contributed by atoms with Gasteiger partial charge in [-0.25, -0.2) is 19.2 Å². The summed E-state index contributed by atoms with van der Waals surface area (Å²) in [5.41, 5.74) is -3.03. The standard InChI is InChI=1S/C18H31N3O7/c1-16(2,3)27-14(24)20-18(9-8-10-19-18)13(23)26-12(22)11-21(7)15(25)28-17(4,5)6/h19H,8-11H2,1-7H3,(H,20,24)/t18-/m1/s1. The summed E-state index contributed by atoms with van der Waals surface area (Å²) >= 11 is 0. The van der Waals surface area contributed by atoms with Gasteiger partial charge in [0.15, 0.2) is 5.66 Å². The number of amides is 2. The summed E-state index contributed by atoms with van der Waals surface area (Å²) in [6.45, 7) is 10.1. The van der Waals surface area contributed by atoms with Gasteiger partial charge in [-0.05, 0) is 60.9 Å². The van der Waals surface area contributed by atoms with E-state index in [9.17, 15) is 19.2 Å². The topological polar surface area (TPSA) is 123 Å². The van der Waals surface area contributed by atoms with E-state index >= 15 is 0 Å². The van der Waals surface area contributed by atoms with Crippen LogP contribution in [0.1, 0.15) is 54.4 Å². The van der Waals surface area contributed by atoms with E-state index in [1.54, 1.807) is 41.5 Å². The molecule has 160 valence electrons. The number of esters is 2. The summed E-state index contributed by atoms with van der Waals surface area (Å²) in [6.07, 6.45) is -0.702. The maximum absolute atomic E-state index is 12.5. The molecular formula is C18H31N3O7. The first-order chi connectivity index (χ1) is 12.6. The second kappa shape index (κ2) is 8.76. The Labute approximate surface area is 165 Å². The number of rotatable bonds is 4. The van der Waals surface area contributed by atoms with Gasteiger partial charge in [0.1, 0.15) is 17.7 Å². The Morgan fingerprint density at radius 3 is 2.07 bits per heavy atom. The van der Waals surface area contributed by atoms with Gasteiger partial charge in [0.25, 0.3) is 0 Å². The summed E-state index contributed by atoms with van der Waals surface area (Å²) in [4.78, 5) is 49.6. The lowest BCUT2D eigenvalue weighted by atomic mass is 10.1. The van der Waals surface area contributed by atoms with Crippen LogP contribution in [0.4, 0.5) is 9.59 Å². The molecule has 0 radical (unpaired) electrons. The highest BCUT2D eigenvalue weighted by atomic mass is 16.6. The molecule has 0 aromatic rings. The summed E-state index contributed by atoms with van der Waals surface area (Å²) in [6, 6.07) is 0. The summed E-state index contributed by atoms with van der Waals surface area (Å²) in [5, 5.41) is 5.31. The second-order valence-electron chi connectivity index (χ2n) is 8.66. The van der Waals surface area contributed by atoms with Gasteiger partial charge < -0.3 is 19.1 Å². The molecule has 0 spiro atoms. The van der Waals surface area contributed by atoms with Crippen LogP contribution in [0.2, 0.25) is 0 Å². The highest BCUT2D eigenvalue weighted by Crippen LogP contribution is 2.20. The molecule has 1 aliphatic heterocycles. The van der Waals surface area contributed by atoms with Crippen LogP contribution in [-0.2, 0) is 23.8 Å². The molecule has 1 heterocycles. The van der Waals surface area contributed by atoms with Crippen LogP contribution >= 0.6 is 0 Å². The molecule has 1 rings (SSSR count). The van der Waals surface area contributed by atoms with Gasteiger partial charge in [-0.2, -0.15) is 0 Å². The second-order valence-corrected chi connectivity index (χ2v) is 8.66. The van der Waals surface area contributed by atoms with Crippen molar-refractivity contribution in [2.24, 2.45) is 0 Å². The molecule has 1 fully saturated rings. The average molecular weight is 401 g/mol. The molecule has 2 amide bonds. The number of hydrogen-bond acceptors (Lipinski definition) is 8. The van der Waals surface area contributed by atoms with Crippen LogP contribution in [0.15, 0.2) is 0 Å². The smallest absolute Gasteiger partial charge is 0.410 e. The third-order valence-electron chi connectivity index (χ3n) is 3.50. The molecule has 0 aromatic heterocycles. The van der Waals surface area contributed by atoms with E-state index < -0.39 is 47.5 Å². The van der Waals surface area contributed by atoms with Crippen molar-refractivity contribution in [2.75, 3.05) is 20.1 Å². The third kappa shape index (κ3) is 7.71. The Morgan fingerprint density at radius 2 is 1.61 bits per heavy atom. The van der Waals surface area contributed by atoms with Gasteiger partial charge >= 0.3 is 24.1 Å². The van der Waals surface area contributed by atoms with E-state index in [2.05, 4.69) is 10.6 Å². The molecule has 10 heteroatoms. The number of alkyl carbamates (subject to hydrolysis) is 1. The van der Waals surface area contributed by atoms with Gasteiger partial charge in [0, 0.05) is 7.05 Å². The largest absolute Gasteiger partial charge is 0.444 e. The van der Waals surface area contributed by atoms with E-state index in [0.717, 1.165) is 4.90 Å². The van der Waals surface area contributed by atoms with Gasteiger partial charge in [-0.3, -0.25) is 10.6 Å². The molecule has 1 aliphatic rings. The number of hydrogen-bond donors (Lipinski definition) is 2. The Balaban J connectivity index is 2.70. The number of carbonyl (C=O) groups excluding carboxylic acids is 4. The van der Waals surface area contributed by atoms with Crippen LogP contribution in [0, 0.1) is 0 Å². The van der Waals surface area contributed by atoms with Crippen molar-refractivity contribution in [3.05, 3.63) is 0 Å². The molecule has 2 N–H and O–H groups in total. The molecule has 0 aliphatic carbocycles. The monoisotopic (exact) mass is 401 g/mol. The molecule has 0 aromatic carbocycles. The van der Waals surface area contributed by atoms with E-state index in [4.69, 9.17) is 14.2 Å². The lowest BCUT2D eigenvalue weighted by Gasteiger charge is -2.29. The summed E-state index contributed by atoms with van der Waals surface area (Å²) in [5.74, 6) is -1.91. The quantitative estimate of drug-likeness (QED) is 0.413. The molecular weight excluding hydrogens is 370 g/mol. The lowest BCUT2D eigenvalue weighted by Crippen LogP contribution is -2.62. The first-order valence-corrected chi connectivity index (χ1v) is 9.09. The Kier molecular flexibility index (Phi) is 7.41. The highest BCUT2D eigenvalue weighted by Gasteiger charge is 2.46. The molecule has 0 bridgehead atoms. The molecule has 0 saturated carbocycles. The molecule has 10 nitrogen and oxygen atoms in total. The minimum absolute atomic E-state index is 0.236. The van der Waals surface area contributed by atoms with Gasteiger partial charge in [-0.1, -0.05) is 0 Å². The van der Waals surface area contributed by atoms with Gasteiger partial charge in [0.2, 0.25) is 0 Å². The zero-order chi connectivity index (χ0) is 21.8. The van der Waals surface area contributed by atoms with E-state index in [-0.39, 0.29) is 6.42 Å². The van der Waals surface area contributed by atoms with Crippen molar-refractivity contribution >= 4 is 24.1 Å². The zero-order valence-corrected chi connectivity index (χ0v) is 17.6. The van der Waals surface area contributed by atoms with Gasteiger partial charge in [-0.15, -0.1) is 0 Å². The average Bonchev–Trinajstić information content (AvgIpc) is 2.92.